The van der Waals surface area contributed by atoms with Crippen LogP contribution < -0.4 is 4.90 Å². The van der Waals surface area contributed by atoms with Crippen molar-refractivity contribution >= 4 is 11.8 Å². The lowest BCUT2D eigenvalue weighted by atomic mass is 10.1. The first-order chi connectivity index (χ1) is 8.54. The van der Waals surface area contributed by atoms with E-state index < -0.39 is 12.0 Å². The van der Waals surface area contributed by atoms with Crippen LogP contribution in [0.25, 0.3) is 0 Å². The maximum absolute atomic E-state index is 11.0. The van der Waals surface area contributed by atoms with E-state index in [1.54, 1.807) is 18.9 Å². The quantitative estimate of drug-likeness (QED) is 0.869. The number of nitrogens with zero attached hydrogens (tertiary/aromatic N) is 3. The molecule has 1 aliphatic carbocycles. The summed E-state index contributed by atoms with van der Waals surface area (Å²) in [4.78, 5) is 17.0. The molecule has 2 rings (SSSR count). The van der Waals surface area contributed by atoms with Gasteiger partial charge in [-0.25, -0.2) is 9.78 Å². The molecule has 18 heavy (non-hydrogen) atoms. The lowest BCUT2D eigenvalue weighted by Crippen LogP contribution is -2.37. The summed E-state index contributed by atoms with van der Waals surface area (Å²) < 4.78 is 0. The van der Waals surface area contributed by atoms with Crippen molar-refractivity contribution in [3.05, 3.63) is 22.9 Å². The van der Waals surface area contributed by atoms with Crippen LogP contribution in [0.5, 0.6) is 0 Å². The van der Waals surface area contributed by atoms with Crippen molar-refractivity contribution < 1.29 is 9.90 Å². The highest BCUT2D eigenvalue weighted by Gasteiger charge is 2.23. The number of carboxylic acid groups (broad SMARTS) is 1. The Morgan fingerprint density at radius 1 is 1.61 bits per heavy atom. The topological polar surface area (TPSA) is 77.2 Å². The average Bonchev–Trinajstić information content (AvgIpc) is 2.82. The van der Waals surface area contributed by atoms with Gasteiger partial charge in [-0.1, -0.05) is 0 Å². The molecule has 0 aromatic carbocycles. The Morgan fingerprint density at radius 2 is 2.33 bits per heavy atom. The fourth-order valence-electron chi connectivity index (χ4n) is 2.16. The van der Waals surface area contributed by atoms with Gasteiger partial charge in [-0.3, -0.25) is 0 Å². The van der Waals surface area contributed by atoms with Crippen LogP contribution in [-0.2, 0) is 17.6 Å². The van der Waals surface area contributed by atoms with Crippen molar-refractivity contribution in [1.29, 1.82) is 5.26 Å². The molecule has 0 aliphatic heterocycles. The van der Waals surface area contributed by atoms with Crippen molar-refractivity contribution in [2.45, 2.75) is 32.2 Å². The van der Waals surface area contributed by atoms with Gasteiger partial charge in [0.05, 0.1) is 5.56 Å². The van der Waals surface area contributed by atoms with Crippen LogP contribution in [0.3, 0.4) is 0 Å². The minimum Gasteiger partial charge on any atom is -0.480 e. The van der Waals surface area contributed by atoms with Crippen LogP contribution in [-0.4, -0.2) is 29.1 Å². The van der Waals surface area contributed by atoms with E-state index in [-0.39, 0.29) is 0 Å². The molecule has 1 aromatic heterocycles. The van der Waals surface area contributed by atoms with E-state index in [4.69, 9.17) is 10.4 Å². The highest BCUT2D eigenvalue weighted by Crippen LogP contribution is 2.27. The number of likely N-dealkylation sites (N-methyl/N-ethyl adjacent to an activating group) is 1. The summed E-state index contributed by atoms with van der Waals surface area (Å²) in [7, 11) is 1.66. The number of hydrogen-bond donors (Lipinski definition) is 1. The lowest BCUT2D eigenvalue weighted by Gasteiger charge is -2.24. The highest BCUT2D eigenvalue weighted by molar-refractivity contribution is 5.77. The van der Waals surface area contributed by atoms with Crippen LogP contribution >= 0.6 is 0 Å². The molecular formula is C13H15N3O2. The zero-order valence-electron chi connectivity index (χ0n) is 10.5. The van der Waals surface area contributed by atoms with Crippen LogP contribution in [0.4, 0.5) is 5.82 Å². The van der Waals surface area contributed by atoms with Gasteiger partial charge in [0, 0.05) is 12.7 Å². The van der Waals surface area contributed by atoms with E-state index in [9.17, 15) is 4.79 Å². The number of hydrogen-bond acceptors (Lipinski definition) is 4. The van der Waals surface area contributed by atoms with Crippen LogP contribution in [0.15, 0.2) is 6.07 Å². The molecule has 94 valence electrons. The molecule has 0 fully saturated rings. The summed E-state index contributed by atoms with van der Waals surface area (Å²) in [5.41, 5.74) is 2.56. The summed E-state index contributed by atoms with van der Waals surface area (Å²) in [5, 5.41) is 18.2. The Kier molecular flexibility index (Phi) is 3.19. The standard InChI is InChI=1S/C13H15N3O2/c1-8(13(17)18)16(2)12-10(7-14)6-9-4-3-5-11(9)15-12/h6,8H,3-5H2,1-2H3,(H,17,18). The number of carbonyl (C=O) groups is 1. The second-order valence-electron chi connectivity index (χ2n) is 4.56. The molecule has 1 unspecified atom stereocenters. The van der Waals surface area contributed by atoms with Gasteiger partial charge in [0.25, 0.3) is 0 Å². The smallest absolute Gasteiger partial charge is 0.326 e. The Labute approximate surface area is 106 Å². The molecular weight excluding hydrogens is 230 g/mol. The molecule has 1 aromatic rings. The molecule has 0 saturated heterocycles. The summed E-state index contributed by atoms with van der Waals surface area (Å²) in [6, 6.07) is 3.24. The number of aryl methyl sites for hydroxylation is 2. The minimum absolute atomic E-state index is 0.450. The van der Waals surface area contributed by atoms with E-state index in [1.165, 1.54) is 0 Å². The predicted octanol–water partition coefficient (Wildman–Crippen LogP) is 1.35. The van der Waals surface area contributed by atoms with E-state index >= 15 is 0 Å². The Hall–Kier alpha value is -2.09. The SMILES string of the molecule is CC(C(=O)O)N(C)c1nc2c(cc1C#N)CCC2. The van der Waals surface area contributed by atoms with Gasteiger partial charge in [-0.15, -0.1) is 0 Å². The minimum atomic E-state index is -0.927. The second kappa shape index (κ2) is 4.65. The Morgan fingerprint density at radius 3 is 2.94 bits per heavy atom. The molecule has 5 nitrogen and oxygen atoms in total. The number of nitriles is 1. The summed E-state index contributed by atoms with van der Waals surface area (Å²) in [6.45, 7) is 1.58. The van der Waals surface area contributed by atoms with Gasteiger partial charge in [-0.05, 0) is 37.8 Å². The Balaban J connectivity index is 2.44. The first-order valence-corrected chi connectivity index (χ1v) is 5.93. The largest absolute Gasteiger partial charge is 0.480 e. The molecule has 1 aliphatic rings. The fraction of sp³-hybridized carbons (Fsp3) is 0.462. The number of carboxylic acids is 1. The predicted molar refractivity (Wildman–Crippen MR) is 66.5 cm³/mol. The average molecular weight is 245 g/mol. The zero-order valence-corrected chi connectivity index (χ0v) is 10.5. The molecule has 0 radical (unpaired) electrons. The number of aromatic nitrogens is 1. The molecule has 5 heteroatoms. The van der Waals surface area contributed by atoms with Crippen LogP contribution in [0.2, 0.25) is 0 Å². The molecule has 1 N–H and O–H groups in total. The number of aliphatic carboxylic acids is 1. The van der Waals surface area contributed by atoms with E-state index in [0.29, 0.717) is 11.4 Å². The van der Waals surface area contributed by atoms with Crippen molar-refractivity contribution in [2.75, 3.05) is 11.9 Å². The van der Waals surface area contributed by atoms with Crippen LogP contribution in [0, 0.1) is 11.3 Å². The van der Waals surface area contributed by atoms with E-state index in [2.05, 4.69) is 11.1 Å². The summed E-state index contributed by atoms with van der Waals surface area (Å²) in [6.07, 6.45) is 2.91. The first kappa shape index (κ1) is 12.4. The third-order valence-corrected chi connectivity index (χ3v) is 3.42. The van der Waals surface area contributed by atoms with Crippen molar-refractivity contribution in [3.8, 4) is 6.07 Å². The van der Waals surface area contributed by atoms with Crippen molar-refractivity contribution in [1.82, 2.24) is 4.98 Å². The van der Waals surface area contributed by atoms with Gasteiger partial charge in [0.15, 0.2) is 0 Å². The fourth-order valence-corrected chi connectivity index (χ4v) is 2.16. The molecule has 0 saturated carbocycles. The summed E-state index contributed by atoms with van der Waals surface area (Å²) in [5.74, 6) is -0.461. The van der Waals surface area contributed by atoms with Gasteiger partial charge >= 0.3 is 5.97 Å². The number of rotatable bonds is 3. The van der Waals surface area contributed by atoms with Gasteiger partial charge < -0.3 is 10.0 Å². The monoisotopic (exact) mass is 245 g/mol. The lowest BCUT2D eigenvalue weighted by molar-refractivity contribution is -0.138. The number of fused-ring (bicyclic) bond motifs is 1. The maximum Gasteiger partial charge on any atom is 0.326 e. The molecule has 1 heterocycles. The third-order valence-electron chi connectivity index (χ3n) is 3.42. The molecule has 0 amide bonds. The highest BCUT2D eigenvalue weighted by atomic mass is 16.4. The van der Waals surface area contributed by atoms with E-state index in [0.717, 1.165) is 30.5 Å². The summed E-state index contributed by atoms with van der Waals surface area (Å²) >= 11 is 0. The van der Waals surface area contributed by atoms with E-state index in [1.807, 2.05) is 6.07 Å². The zero-order chi connectivity index (χ0) is 13.3. The third kappa shape index (κ3) is 2.02. The van der Waals surface area contributed by atoms with Crippen LogP contribution in [0.1, 0.15) is 30.2 Å². The normalized spacial score (nSPS) is 14.7. The first-order valence-electron chi connectivity index (χ1n) is 5.93. The second-order valence-corrected chi connectivity index (χ2v) is 4.56. The maximum atomic E-state index is 11.0. The number of pyridine rings is 1. The number of anilines is 1. The van der Waals surface area contributed by atoms with Gasteiger partial charge in [0.1, 0.15) is 17.9 Å². The van der Waals surface area contributed by atoms with Gasteiger partial charge in [0.2, 0.25) is 0 Å². The Bertz CT molecular complexity index is 534. The van der Waals surface area contributed by atoms with Crippen molar-refractivity contribution in [2.24, 2.45) is 0 Å². The van der Waals surface area contributed by atoms with Gasteiger partial charge in [-0.2, -0.15) is 5.26 Å². The van der Waals surface area contributed by atoms with Crippen molar-refractivity contribution in [3.63, 3.8) is 0 Å². The molecule has 0 spiro atoms. The molecule has 0 bridgehead atoms. The molecule has 1 atom stereocenters.